The van der Waals surface area contributed by atoms with Crippen LogP contribution in [-0.2, 0) is 4.79 Å². The molecule has 2 unspecified atom stereocenters. The van der Waals surface area contributed by atoms with Crippen LogP contribution in [0.5, 0.6) is 0 Å². The van der Waals surface area contributed by atoms with E-state index in [1.54, 1.807) is 0 Å². The molecule has 0 aromatic carbocycles. The number of carbonyl (C=O) groups excluding carboxylic acids is 1. The highest BCUT2D eigenvalue weighted by Crippen LogP contribution is 2.20. The van der Waals surface area contributed by atoms with E-state index in [0.717, 1.165) is 32.2 Å². The molecule has 0 radical (unpaired) electrons. The van der Waals surface area contributed by atoms with Crippen molar-refractivity contribution in [3.63, 3.8) is 0 Å². The molecule has 3 nitrogen and oxygen atoms in total. The fraction of sp³-hybridized carbons (Fsp3) is 0.833. The molecule has 0 aromatic rings. The molecule has 0 aliphatic carbocycles. The highest BCUT2D eigenvalue weighted by molar-refractivity contribution is 7.80. The van der Waals surface area contributed by atoms with E-state index in [0.29, 0.717) is 11.0 Å². The van der Waals surface area contributed by atoms with Gasteiger partial charge in [-0.05, 0) is 32.6 Å². The lowest BCUT2D eigenvalue weighted by atomic mass is 9.97. The van der Waals surface area contributed by atoms with E-state index >= 15 is 0 Å². The normalized spacial score (nSPS) is 22.9. The average Bonchev–Trinajstić information content (AvgIpc) is 2.25. The summed E-state index contributed by atoms with van der Waals surface area (Å²) in [5.74, 6) is -0.109. The van der Waals surface area contributed by atoms with Gasteiger partial charge in [0.1, 0.15) is 0 Å². The zero-order valence-electron chi connectivity index (χ0n) is 10.2. The topological polar surface area (TPSA) is 46.3 Å². The number of thiocarbonyl (C=S) groups is 1. The van der Waals surface area contributed by atoms with Gasteiger partial charge in [0.05, 0.1) is 10.9 Å². The highest BCUT2D eigenvalue weighted by Gasteiger charge is 2.30. The summed E-state index contributed by atoms with van der Waals surface area (Å²) in [6.07, 6.45) is 5.14. The van der Waals surface area contributed by atoms with E-state index in [1.807, 2.05) is 4.90 Å². The molecule has 1 aliphatic heterocycles. The molecule has 1 heterocycles. The quantitative estimate of drug-likeness (QED) is 0.768. The van der Waals surface area contributed by atoms with Crippen LogP contribution in [0.2, 0.25) is 0 Å². The number of nitrogens with two attached hydrogens (primary N) is 1. The van der Waals surface area contributed by atoms with Gasteiger partial charge in [0.25, 0.3) is 0 Å². The predicted octanol–water partition coefficient (Wildman–Crippen LogP) is 2.09. The summed E-state index contributed by atoms with van der Waals surface area (Å²) in [5.41, 5.74) is 5.66. The molecule has 0 aromatic heterocycles. The zero-order valence-corrected chi connectivity index (χ0v) is 11.1. The number of likely N-dealkylation sites (tertiary alicyclic amines) is 1. The van der Waals surface area contributed by atoms with Crippen molar-refractivity contribution in [2.45, 2.75) is 52.0 Å². The summed E-state index contributed by atoms with van der Waals surface area (Å²) in [6.45, 7) is 5.03. The molecular weight excluding hydrogens is 220 g/mol. The Morgan fingerprint density at radius 1 is 1.56 bits per heavy atom. The molecule has 1 rings (SSSR count). The Morgan fingerprint density at radius 2 is 2.25 bits per heavy atom. The van der Waals surface area contributed by atoms with Crippen molar-refractivity contribution in [1.29, 1.82) is 0 Å². The molecule has 0 spiro atoms. The Bertz CT molecular complexity index is 268. The molecule has 2 N–H and O–H groups in total. The Labute approximate surface area is 103 Å². The third kappa shape index (κ3) is 3.17. The molecule has 0 saturated carbocycles. The fourth-order valence-corrected chi connectivity index (χ4v) is 2.52. The zero-order chi connectivity index (χ0) is 12.1. The van der Waals surface area contributed by atoms with Crippen molar-refractivity contribution in [3.05, 3.63) is 0 Å². The van der Waals surface area contributed by atoms with Crippen LogP contribution in [0, 0.1) is 5.92 Å². The van der Waals surface area contributed by atoms with Crippen LogP contribution >= 0.6 is 12.2 Å². The average molecular weight is 242 g/mol. The van der Waals surface area contributed by atoms with Gasteiger partial charge in [-0.15, -0.1) is 0 Å². The van der Waals surface area contributed by atoms with Gasteiger partial charge in [0, 0.05) is 12.6 Å². The first kappa shape index (κ1) is 13.4. The van der Waals surface area contributed by atoms with E-state index in [4.69, 9.17) is 18.0 Å². The summed E-state index contributed by atoms with van der Waals surface area (Å²) in [4.78, 5) is 14.6. The lowest BCUT2D eigenvalue weighted by molar-refractivity contribution is -0.136. The summed E-state index contributed by atoms with van der Waals surface area (Å²) in [6, 6.07) is 0.343. The highest BCUT2D eigenvalue weighted by atomic mass is 32.1. The van der Waals surface area contributed by atoms with Crippen molar-refractivity contribution in [3.8, 4) is 0 Å². The monoisotopic (exact) mass is 242 g/mol. The van der Waals surface area contributed by atoms with Crippen LogP contribution in [0.4, 0.5) is 0 Å². The summed E-state index contributed by atoms with van der Waals surface area (Å²) in [7, 11) is 0. The van der Waals surface area contributed by atoms with Crippen molar-refractivity contribution in [2.75, 3.05) is 6.54 Å². The summed E-state index contributed by atoms with van der Waals surface area (Å²) >= 11 is 5.00. The van der Waals surface area contributed by atoms with Gasteiger partial charge in [0.2, 0.25) is 5.91 Å². The number of piperidine rings is 1. The second-order valence-corrected chi connectivity index (χ2v) is 5.09. The Morgan fingerprint density at radius 3 is 2.75 bits per heavy atom. The summed E-state index contributed by atoms with van der Waals surface area (Å²) in [5, 5.41) is 0. The first-order chi connectivity index (χ1) is 7.57. The third-order valence-corrected chi connectivity index (χ3v) is 3.59. The van der Waals surface area contributed by atoms with Crippen LogP contribution in [0.1, 0.15) is 46.0 Å². The molecule has 1 fully saturated rings. The second kappa shape index (κ2) is 6.18. The first-order valence-electron chi connectivity index (χ1n) is 6.17. The Hall–Kier alpha value is -0.640. The van der Waals surface area contributed by atoms with Crippen LogP contribution in [0.25, 0.3) is 0 Å². The molecule has 1 saturated heterocycles. The van der Waals surface area contributed by atoms with Crippen LogP contribution in [0.3, 0.4) is 0 Å². The first-order valence-corrected chi connectivity index (χ1v) is 6.58. The Balaban J connectivity index is 2.68. The second-order valence-electron chi connectivity index (χ2n) is 4.62. The van der Waals surface area contributed by atoms with Gasteiger partial charge in [0.15, 0.2) is 0 Å². The Kier molecular flexibility index (Phi) is 5.19. The minimum Gasteiger partial charge on any atom is -0.393 e. The smallest absolute Gasteiger partial charge is 0.232 e. The number of carbonyl (C=O) groups is 1. The minimum atomic E-state index is -0.249. The summed E-state index contributed by atoms with van der Waals surface area (Å²) < 4.78 is 0. The standard InChI is InChI=1S/C12H22N2OS/c1-3-6-10(11(13)16)12(15)14-8-5-4-7-9(14)2/h9-10H,3-8H2,1-2H3,(H2,13,16). The van der Waals surface area contributed by atoms with Crippen LogP contribution in [0.15, 0.2) is 0 Å². The van der Waals surface area contributed by atoms with Crippen molar-refractivity contribution >= 4 is 23.1 Å². The number of amides is 1. The lowest BCUT2D eigenvalue weighted by Gasteiger charge is -2.35. The van der Waals surface area contributed by atoms with Gasteiger partial charge in [-0.25, -0.2) is 0 Å². The third-order valence-electron chi connectivity index (χ3n) is 3.30. The van der Waals surface area contributed by atoms with E-state index in [2.05, 4.69) is 13.8 Å². The van der Waals surface area contributed by atoms with E-state index < -0.39 is 0 Å². The molecule has 4 heteroatoms. The van der Waals surface area contributed by atoms with Crippen LogP contribution < -0.4 is 5.73 Å². The van der Waals surface area contributed by atoms with Crippen molar-refractivity contribution in [1.82, 2.24) is 4.90 Å². The molecule has 0 bridgehead atoms. The number of nitrogens with zero attached hydrogens (tertiary/aromatic N) is 1. The van der Waals surface area contributed by atoms with Crippen molar-refractivity contribution < 1.29 is 4.79 Å². The number of rotatable bonds is 4. The van der Waals surface area contributed by atoms with Gasteiger partial charge in [-0.2, -0.15) is 0 Å². The van der Waals surface area contributed by atoms with Gasteiger partial charge in [-0.3, -0.25) is 4.79 Å². The SMILES string of the molecule is CCCC(C(=O)N1CCCCC1C)C(N)=S. The van der Waals surface area contributed by atoms with Gasteiger partial charge >= 0.3 is 0 Å². The van der Waals surface area contributed by atoms with E-state index in [9.17, 15) is 4.79 Å². The fourth-order valence-electron chi connectivity index (χ4n) is 2.30. The maximum absolute atomic E-state index is 12.3. The molecule has 92 valence electrons. The van der Waals surface area contributed by atoms with Gasteiger partial charge in [-0.1, -0.05) is 25.6 Å². The molecule has 2 atom stereocenters. The van der Waals surface area contributed by atoms with Crippen LogP contribution in [-0.4, -0.2) is 28.4 Å². The predicted molar refractivity (Wildman–Crippen MR) is 70.2 cm³/mol. The molecule has 16 heavy (non-hydrogen) atoms. The molecule has 1 amide bonds. The van der Waals surface area contributed by atoms with E-state index in [1.165, 1.54) is 6.42 Å². The largest absolute Gasteiger partial charge is 0.393 e. The van der Waals surface area contributed by atoms with E-state index in [-0.39, 0.29) is 11.8 Å². The number of hydrogen-bond donors (Lipinski definition) is 1. The lowest BCUT2D eigenvalue weighted by Crippen LogP contribution is -2.47. The molecular formula is C12H22N2OS. The molecule has 1 aliphatic rings. The minimum absolute atomic E-state index is 0.140. The maximum atomic E-state index is 12.3. The van der Waals surface area contributed by atoms with Gasteiger partial charge < -0.3 is 10.6 Å². The maximum Gasteiger partial charge on any atom is 0.232 e. The van der Waals surface area contributed by atoms with Crippen molar-refractivity contribution in [2.24, 2.45) is 11.7 Å². The number of hydrogen-bond acceptors (Lipinski definition) is 2.